The van der Waals surface area contributed by atoms with Gasteiger partial charge in [0.1, 0.15) is 8.80 Å². The van der Waals surface area contributed by atoms with Crippen LogP contribution in [0.15, 0.2) is 182 Å². The average molecular weight is 671 g/mol. The molecule has 0 saturated heterocycles. The summed E-state index contributed by atoms with van der Waals surface area (Å²) in [5.41, 5.74) is 10.9. The molecule has 0 fully saturated rings. The van der Waals surface area contributed by atoms with Crippen LogP contribution in [0.4, 0.5) is 17.1 Å². The lowest BCUT2D eigenvalue weighted by Crippen LogP contribution is -2.47. The van der Waals surface area contributed by atoms with E-state index < -0.39 is 8.80 Å². The molecule has 0 spiro atoms. The Morgan fingerprint density at radius 2 is 0.784 bits per heavy atom. The van der Waals surface area contributed by atoms with Gasteiger partial charge in [-0.05, 0) is 56.9 Å². The first kappa shape index (κ1) is 30.6. The Hall–Kier alpha value is -6.43. The van der Waals surface area contributed by atoms with Gasteiger partial charge in [0, 0.05) is 28.1 Å². The average Bonchev–Trinajstić information content (AvgIpc) is 3.22. The summed E-state index contributed by atoms with van der Waals surface area (Å²) in [6.07, 6.45) is 0. The molecule has 0 aliphatic carbocycles. The molecule has 2 heterocycles. The van der Waals surface area contributed by atoms with Crippen molar-refractivity contribution < 1.29 is 0 Å². The Bertz CT molecular complexity index is 2400. The largest absolute Gasteiger partial charge is 0.310 e. The number of fused-ring (bicyclic) bond motifs is 2. The van der Waals surface area contributed by atoms with Crippen LogP contribution < -0.4 is 15.3 Å². The number of benzene rings is 7. The predicted octanol–water partition coefficient (Wildman–Crippen LogP) is 9.96. The van der Waals surface area contributed by atoms with Crippen molar-refractivity contribution >= 4 is 36.2 Å². The molecule has 0 radical (unpaired) electrons. The lowest BCUT2D eigenvalue weighted by atomic mass is 9.93. The zero-order valence-corrected chi connectivity index (χ0v) is 29.3. The summed E-state index contributed by atoms with van der Waals surface area (Å²) in [6.45, 7) is 2.43. The molecule has 0 unspecified atom stereocenters. The van der Waals surface area contributed by atoms with Gasteiger partial charge >= 0.3 is 0 Å². The van der Waals surface area contributed by atoms with E-state index in [0.717, 1.165) is 33.5 Å². The highest BCUT2D eigenvalue weighted by molar-refractivity contribution is 6.87. The molecule has 1 aliphatic heterocycles. The molecule has 8 aromatic rings. The topological polar surface area (TPSA) is 41.9 Å². The van der Waals surface area contributed by atoms with Gasteiger partial charge in [-0.25, -0.2) is 15.0 Å². The lowest BCUT2D eigenvalue weighted by molar-refractivity contribution is 1.07. The number of para-hydroxylation sites is 2. The van der Waals surface area contributed by atoms with Crippen molar-refractivity contribution in [2.24, 2.45) is 0 Å². The van der Waals surface area contributed by atoms with Crippen LogP contribution in [0.5, 0.6) is 0 Å². The van der Waals surface area contributed by atoms with E-state index in [0.29, 0.717) is 17.5 Å². The van der Waals surface area contributed by atoms with Crippen molar-refractivity contribution in [3.63, 3.8) is 0 Å². The third-order valence-electron chi connectivity index (χ3n) is 9.79. The van der Waals surface area contributed by atoms with Crippen molar-refractivity contribution in [3.8, 4) is 56.4 Å². The van der Waals surface area contributed by atoms with Crippen LogP contribution in [0, 0.1) is 0 Å². The SMILES string of the molecule is C[SiH]1c2ccccc2N(c2ccc(-c3ccccc3-c3ccccc3)cc2-c2nc(-c3ccccc3)nc(-c3ccccc3)n2)c2ccccc21. The molecule has 242 valence electrons. The van der Waals surface area contributed by atoms with Gasteiger partial charge in [0.15, 0.2) is 17.5 Å². The van der Waals surface area contributed by atoms with Crippen molar-refractivity contribution in [1.82, 2.24) is 15.0 Å². The fourth-order valence-corrected chi connectivity index (χ4v) is 9.76. The number of rotatable bonds is 6. The smallest absolute Gasteiger partial charge is 0.166 e. The van der Waals surface area contributed by atoms with E-state index >= 15 is 0 Å². The highest BCUT2D eigenvalue weighted by atomic mass is 28.3. The van der Waals surface area contributed by atoms with Gasteiger partial charge in [-0.3, -0.25) is 0 Å². The van der Waals surface area contributed by atoms with E-state index in [-0.39, 0.29) is 0 Å². The monoisotopic (exact) mass is 670 g/mol. The van der Waals surface area contributed by atoms with Crippen LogP contribution in [-0.2, 0) is 0 Å². The molecular formula is C46H34N4Si. The maximum absolute atomic E-state index is 5.26. The molecule has 1 aliphatic rings. The van der Waals surface area contributed by atoms with Crippen LogP contribution in [0.25, 0.3) is 56.4 Å². The van der Waals surface area contributed by atoms with Gasteiger partial charge < -0.3 is 4.90 Å². The second-order valence-electron chi connectivity index (χ2n) is 12.9. The maximum Gasteiger partial charge on any atom is 0.166 e. The summed E-state index contributed by atoms with van der Waals surface area (Å²) in [7, 11) is -1.42. The van der Waals surface area contributed by atoms with Crippen LogP contribution in [-0.4, -0.2) is 23.7 Å². The van der Waals surface area contributed by atoms with Gasteiger partial charge in [-0.2, -0.15) is 0 Å². The minimum Gasteiger partial charge on any atom is -0.310 e. The molecule has 0 atom stereocenters. The van der Waals surface area contributed by atoms with Gasteiger partial charge in [0.25, 0.3) is 0 Å². The molecule has 7 aromatic carbocycles. The third-order valence-corrected chi connectivity index (χ3v) is 12.6. The van der Waals surface area contributed by atoms with Gasteiger partial charge in [-0.1, -0.05) is 164 Å². The van der Waals surface area contributed by atoms with E-state index in [1.165, 1.54) is 32.9 Å². The van der Waals surface area contributed by atoms with Crippen molar-refractivity contribution in [1.29, 1.82) is 0 Å². The number of hydrogen-bond donors (Lipinski definition) is 0. The van der Waals surface area contributed by atoms with Crippen LogP contribution >= 0.6 is 0 Å². The van der Waals surface area contributed by atoms with Crippen LogP contribution in [0.2, 0.25) is 6.55 Å². The maximum atomic E-state index is 5.26. The summed E-state index contributed by atoms with van der Waals surface area (Å²) in [6, 6.07) is 64.2. The quantitative estimate of drug-likeness (QED) is 0.165. The fraction of sp³-hybridized carbons (Fsp3) is 0.0217. The molecule has 5 heteroatoms. The van der Waals surface area contributed by atoms with E-state index in [2.05, 4.69) is 157 Å². The summed E-state index contributed by atoms with van der Waals surface area (Å²) in [5, 5.41) is 2.84. The molecule has 51 heavy (non-hydrogen) atoms. The molecule has 9 rings (SSSR count). The Kier molecular flexibility index (Phi) is 7.88. The van der Waals surface area contributed by atoms with Crippen molar-refractivity contribution in [2.45, 2.75) is 6.55 Å². The van der Waals surface area contributed by atoms with Gasteiger partial charge in [0.2, 0.25) is 0 Å². The van der Waals surface area contributed by atoms with E-state index in [4.69, 9.17) is 15.0 Å². The minimum absolute atomic E-state index is 0.627. The van der Waals surface area contributed by atoms with Crippen molar-refractivity contribution in [2.75, 3.05) is 4.90 Å². The van der Waals surface area contributed by atoms with Crippen LogP contribution in [0.1, 0.15) is 0 Å². The first-order valence-corrected chi connectivity index (χ1v) is 19.7. The zero-order valence-electron chi connectivity index (χ0n) is 28.2. The number of aromatic nitrogens is 3. The lowest BCUT2D eigenvalue weighted by Gasteiger charge is -2.37. The molecule has 0 bridgehead atoms. The Labute approximate surface area is 300 Å². The normalized spacial score (nSPS) is 12.3. The van der Waals surface area contributed by atoms with Gasteiger partial charge in [0.05, 0.1) is 5.69 Å². The zero-order chi connectivity index (χ0) is 34.1. The third kappa shape index (κ3) is 5.64. The molecular weight excluding hydrogens is 637 g/mol. The fourth-order valence-electron chi connectivity index (χ4n) is 7.28. The second kappa shape index (κ2) is 13.1. The molecule has 4 nitrogen and oxygen atoms in total. The second-order valence-corrected chi connectivity index (χ2v) is 15.5. The first-order valence-electron chi connectivity index (χ1n) is 17.4. The highest BCUT2D eigenvalue weighted by Gasteiger charge is 2.31. The summed E-state index contributed by atoms with van der Waals surface area (Å²) in [5.74, 6) is 1.91. The van der Waals surface area contributed by atoms with Crippen LogP contribution in [0.3, 0.4) is 0 Å². The summed E-state index contributed by atoms with van der Waals surface area (Å²) in [4.78, 5) is 18.0. The molecule has 0 amide bonds. The van der Waals surface area contributed by atoms with E-state index in [9.17, 15) is 0 Å². The standard InChI is InChI=1S/C46H34N4Si/c1-51-42-27-15-13-25-40(42)50(41-26-14-16-28-43(41)51)39-30-29-35(37-24-12-11-23-36(37)32-17-5-2-6-18-32)31-38(39)46-48-44(33-19-7-3-8-20-33)47-45(49-46)34-21-9-4-10-22-34/h2-31,51H,1H3. The van der Waals surface area contributed by atoms with E-state index in [1.54, 1.807) is 0 Å². The number of anilines is 3. The van der Waals surface area contributed by atoms with Gasteiger partial charge in [-0.15, -0.1) is 0 Å². The number of hydrogen-bond acceptors (Lipinski definition) is 4. The molecule has 1 aromatic heterocycles. The van der Waals surface area contributed by atoms with E-state index in [1.807, 2.05) is 36.4 Å². The Morgan fingerprint density at radius 1 is 0.353 bits per heavy atom. The summed E-state index contributed by atoms with van der Waals surface area (Å²) < 4.78 is 0. The molecule has 0 saturated carbocycles. The Morgan fingerprint density at radius 3 is 1.33 bits per heavy atom. The number of nitrogens with zero attached hydrogens (tertiary/aromatic N) is 4. The Balaban J connectivity index is 1.34. The van der Waals surface area contributed by atoms with Crippen molar-refractivity contribution in [3.05, 3.63) is 182 Å². The minimum atomic E-state index is -1.42. The molecule has 0 N–H and O–H groups in total. The predicted molar refractivity (Wildman–Crippen MR) is 214 cm³/mol. The summed E-state index contributed by atoms with van der Waals surface area (Å²) >= 11 is 0. The first-order chi connectivity index (χ1) is 25.2. The highest BCUT2D eigenvalue weighted by Crippen LogP contribution is 2.44.